The monoisotopic (exact) mass is 559 g/mol. The van der Waals surface area contributed by atoms with Crippen LogP contribution in [0.1, 0.15) is 60.4 Å². The number of fused-ring (bicyclic) bond motifs is 1. The van der Waals surface area contributed by atoms with E-state index in [1.165, 1.54) is 6.33 Å². The van der Waals surface area contributed by atoms with E-state index < -0.39 is 50.3 Å². The van der Waals surface area contributed by atoms with Crippen LogP contribution < -0.4 is 5.73 Å². The Morgan fingerprint density at radius 1 is 1.00 bits per heavy atom. The third-order valence-electron chi connectivity index (χ3n) is 5.19. The van der Waals surface area contributed by atoms with Crippen molar-refractivity contribution in [1.82, 2.24) is 19.5 Å². The van der Waals surface area contributed by atoms with Gasteiger partial charge in [0, 0.05) is 19.3 Å². The molecule has 0 saturated carbocycles. The van der Waals surface area contributed by atoms with E-state index in [1.807, 2.05) is 0 Å². The highest BCUT2D eigenvalue weighted by Crippen LogP contribution is 2.48. The lowest BCUT2D eigenvalue weighted by Crippen LogP contribution is -2.25. The predicted octanol–water partition coefficient (Wildman–Crippen LogP) is 3.02. The van der Waals surface area contributed by atoms with Crippen molar-refractivity contribution in [2.45, 2.75) is 60.4 Å². The van der Waals surface area contributed by atoms with E-state index in [0.717, 1.165) is 0 Å². The van der Waals surface area contributed by atoms with E-state index in [2.05, 4.69) is 15.0 Å². The Morgan fingerprint density at radius 3 is 2.11 bits per heavy atom. The lowest BCUT2D eigenvalue weighted by Gasteiger charge is -2.22. The molecule has 0 aromatic carbocycles. The summed E-state index contributed by atoms with van der Waals surface area (Å²) >= 11 is 0. The summed E-state index contributed by atoms with van der Waals surface area (Å²) in [5.41, 5.74) is 5.23. The number of nitrogen functional groups attached to an aromatic ring is 1. The first-order valence-electron chi connectivity index (χ1n) is 12.0. The number of esters is 2. The maximum Gasteiger partial charge on any atom is 0.361 e. The topological polar surface area (TPSA) is 187 Å². The van der Waals surface area contributed by atoms with Gasteiger partial charge in [-0.3, -0.25) is 23.2 Å². The average Bonchev–Trinajstić information content (AvgIpc) is 3.25. The molecule has 0 radical (unpaired) electrons. The van der Waals surface area contributed by atoms with Gasteiger partial charge in [0.15, 0.2) is 11.5 Å². The maximum absolute atomic E-state index is 13.2. The summed E-state index contributed by atoms with van der Waals surface area (Å²) < 4.78 is 41.1. The molecule has 0 bridgehead atoms. The fourth-order valence-electron chi connectivity index (χ4n) is 2.97. The second-order valence-electron chi connectivity index (χ2n) is 10.5. The standard InChI is InChI=1S/C23H38N5O9P/c1-22(2,3)20(30)34-13-36-38(32,37-14-35-21(31)23(4,5)6)15-33-10-8-16(7-9-29)28-12-27-17-18(24)25-11-26-19(17)28/h11-12,16,29H,7-10,13-15H2,1-6H3,(H2,24,25,26). The van der Waals surface area contributed by atoms with Gasteiger partial charge in [-0.15, -0.1) is 0 Å². The van der Waals surface area contributed by atoms with Crippen LogP contribution in [0.4, 0.5) is 5.82 Å². The molecule has 3 N–H and O–H groups in total. The van der Waals surface area contributed by atoms with Crippen LogP contribution in [0.25, 0.3) is 11.2 Å². The number of nitrogens with two attached hydrogens (primary N) is 1. The third-order valence-corrected chi connectivity index (χ3v) is 6.69. The summed E-state index contributed by atoms with van der Waals surface area (Å²) in [6.07, 6.45) is 3.13. The number of aliphatic hydroxyl groups is 1. The molecule has 0 saturated heterocycles. The quantitative estimate of drug-likeness (QED) is 0.149. The van der Waals surface area contributed by atoms with Crippen molar-refractivity contribution >= 4 is 36.5 Å². The number of imidazole rings is 1. The molecule has 0 spiro atoms. The van der Waals surface area contributed by atoms with Gasteiger partial charge in [0.2, 0.25) is 13.6 Å². The van der Waals surface area contributed by atoms with Crippen LogP contribution in [-0.4, -0.2) is 69.7 Å². The fourth-order valence-corrected chi connectivity index (χ4v) is 3.97. The highest BCUT2D eigenvalue weighted by Gasteiger charge is 2.30. The zero-order valence-corrected chi connectivity index (χ0v) is 23.6. The summed E-state index contributed by atoms with van der Waals surface area (Å²) in [7, 11) is -4.00. The Bertz CT molecular complexity index is 1090. The SMILES string of the molecule is CC(C)(C)C(=O)OCOP(=O)(COCCC(CCO)n1cnc2c(N)ncnc21)OCOC(=O)C(C)(C)C. The van der Waals surface area contributed by atoms with E-state index in [9.17, 15) is 19.3 Å². The predicted molar refractivity (Wildman–Crippen MR) is 137 cm³/mol. The second kappa shape index (κ2) is 13.4. The molecule has 0 amide bonds. The molecule has 2 heterocycles. The van der Waals surface area contributed by atoms with Crippen molar-refractivity contribution in [1.29, 1.82) is 0 Å². The molecular weight excluding hydrogens is 521 g/mol. The van der Waals surface area contributed by atoms with E-state index in [0.29, 0.717) is 24.0 Å². The number of nitrogens with zero attached hydrogens (tertiary/aromatic N) is 4. The molecular formula is C23H38N5O9P. The Morgan fingerprint density at radius 2 is 1.58 bits per heavy atom. The van der Waals surface area contributed by atoms with Gasteiger partial charge in [0.1, 0.15) is 18.2 Å². The van der Waals surface area contributed by atoms with Gasteiger partial charge in [-0.2, -0.15) is 0 Å². The van der Waals surface area contributed by atoms with Gasteiger partial charge >= 0.3 is 19.5 Å². The molecule has 0 fully saturated rings. The number of rotatable bonds is 14. The summed E-state index contributed by atoms with van der Waals surface area (Å²) in [5.74, 6) is -0.886. The number of anilines is 1. The Balaban J connectivity index is 2.01. The summed E-state index contributed by atoms with van der Waals surface area (Å²) in [4.78, 5) is 36.4. The Labute approximate surface area is 221 Å². The minimum atomic E-state index is -4.00. The van der Waals surface area contributed by atoms with Gasteiger partial charge in [0.25, 0.3) is 0 Å². The van der Waals surface area contributed by atoms with Crippen LogP contribution in [0.5, 0.6) is 0 Å². The number of aliphatic hydroxyl groups excluding tert-OH is 1. The summed E-state index contributed by atoms with van der Waals surface area (Å²) in [6.45, 7) is 8.67. The smallest absolute Gasteiger partial charge is 0.361 e. The highest BCUT2D eigenvalue weighted by atomic mass is 31.2. The van der Waals surface area contributed by atoms with Crippen LogP contribution in [0.15, 0.2) is 12.7 Å². The molecule has 1 atom stereocenters. The molecule has 14 nitrogen and oxygen atoms in total. The molecule has 0 aliphatic rings. The minimum Gasteiger partial charge on any atom is -0.438 e. The Hall–Kier alpha value is -2.64. The van der Waals surface area contributed by atoms with Crippen molar-refractivity contribution in [2.75, 3.05) is 38.9 Å². The minimum absolute atomic E-state index is 0.0885. The summed E-state index contributed by atoms with van der Waals surface area (Å²) in [6, 6.07) is -0.263. The second-order valence-corrected chi connectivity index (χ2v) is 12.5. The number of ether oxygens (including phenoxy) is 3. The number of hydrogen-bond acceptors (Lipinski definition) is 13. The fraction of sp³-hybridized carbons (Fsp3) is 0.696. The van der Waals surface area contributed by atoms with Gasteiger partial charge < -0.3 is 29.6 Å². The van der Waals surface area contributed by atoms with Crippen molar-refractivity contribution < 1.29 is 42.5 Å². The van der Waals surface area contributed by atoms with E-state index in [-0.39, 0.29) is 25.1 Å². The van der Waals surface area contributed by atoms with Gasteiger partial charge in [-0.1, -0.05) is 0 Å². The van der Waals surface area contributed by atoms with Crippen LogP contribution in [0.2, 0.25) is 0 Å². The van der Waals surface area contributed by atoms with Crippen LogP contribution >= 0.6 is 7.60 Å². The molecule has 1 unspecified atom stereocenters. The largest absolute Gasteiger partial charge is 0.438 e. The van der Waals surface area contributed by atoms with Gasteiger partial charge in [-0.05, 0) is 54.4 Å². The number of hydrogen-bond donors (Lipinski definition) is 2. The van der Waals surface area contributed by atoms with Crippen molar-refractivity contribution in [3.63, 3.8) is 0 Å². The maximum atomic E-state index is 13.2. The van der Waals surface area contributed by atoms with Crippen molar-refractivity contribution in [3.05, 3.63) is 12.7 Å². The van der Waals surface area contributed by atoms with Gasteiger partial charge in [0.05, 0.1) is 17.2 Å². The van der Waals surface area contributed by atoms with E-state index in [1.54, 1.807) is 52.4 Å². The van der Waals surface area contributed by atoms with Crippen molar-refractivity contribution in [2.24, 2.45) is 10.8 Å². The first-order chi connectivity index (χ1) is 17.7. The van der Waals surface area contributed by atoms with Crippen molar-refractivity contribution in [3.8, 4) is 0 Å². The lowest BCUT2D eigenvalue weighted by atomic mass is 9.98. The molecule has 0 aliphatic heterocycles. The molecule has 2 aromatic heterocycles. The lowest BCUT2D eigenvalue weighted by molar-refractivity contribution is -0.162. The molecule has 2 rings (SSSR count). The van der Waals surface area contributed by atoms with E-state index in [4.69, 9.17) is 29.0 Å². The van der Waals surface area contributed by atoms with E-state index >= 15 is 0 Å². The zero-order chi connectivity index (χ0) is 28.6. The molecule has 2 aromatic rings. The molecule has 0 aliphatic carbocycles. The number of aromatic nitrogens is 4. The van der Waals surface area contributed by atoms with Crippen LogP contribution in [0.3, 0.4) is 0 Å². The summed E-state index contributed by atoms with van der Waals surface area (Å²) in [5, 5.41) is 9.55. The highest BCUT2D eigenvalue weighted by molar-refractivity contribution is 7.53. The first-order valence-corrected chi connectivity index (χ1v) is 13.7. The normalized spacial score (nSPS) is 13.4. The third kappa shape index (κ3) is 9.28. The average molecular weight is 560 g/mol. The van der Waals surface area contributed by atoms with Crippen LogP contribution in [-0.2, 0) is 37.4 Å². The molecule has 38 heavy (non-hydrogen) atoms. The van der Waals surface area contributed by atoms with Crippen LogP contribution in [0, 0.1) is 10.8 Å². The number of carbonyl (C=O) groups is 2. The van der Waals surface area contributed by atoms with Gasteiger partial charge in [-0.25, -0.2) is 15.0 Å². The zero-order valence-electron chi connectivity index (χ0n) is 22.7. The molecule has 15 heteroatoms. The Kier molecular flexibility index (Phi) is 11.2. The first kappa shape index (κ1) is 31.6. The number of carbonyl (C=O) groups excluding carboxylic acids is 2. The molecule has 214 valence electrons.